The molecule has 0 bridgehead atoms. The predicted molar refractivity (Wildman–Crippen MR) is 108 cm³/mol. The minimum Gasteiger partial charge on any atom is -0.454 e. The van der Waals surface area contributed by atoms with Crippen LogP contribution in [0.1, 0.15) is 12.8 Å². The standard InChI is InChI=1S/C20H26N4O6/c1-23(19(27)13-30-20(28)16-6-7-17(25)22-16)12-18(26)21-14-2-4-15(5-3-14)24-8-10-29-11-9-24/h2-5,16H,6-13H2,1H3,(H,21,26)(H,22,25)/t16-/m0/s1. The summed E-state index contributed by atoms with van der Waals surface area (Å²) in [6, 6.07) is 6.76. The van der Waals surface area contributed by atoms with E-state index in [1.165, 1.54) is 11.9 Å². The van der Waals surface area contributed by atoms with Gasteiger partial charge in [-0.3, -0.25) is 14.4 Å². The molecular formula is C20H26N4O6. The fourth-order valence-electron chi connectivity index (χ4n) is 3.22. The monoisotopic (exact) mass is 418 g/mol. The van der Waals surface area contributed by atoms with Gasteiger partial charge in [0.15, 0.2) is 6.61 Å². The number of hydrogen-bond donors (Lipinski definition) is 2. The molecule has 2 fully saturated rings. The Balaban J connectivity index is 1.40. The highest BCUT2D eigenvalue weighted by Gasteiger charge is 2.29. The first-order chi connectivity index (χ1) is 14.4. The Labute approximate surface area is 174 Å². The summed E-state index contributed by atoms with van der Waals surface area (Å²) in [4.78, 5) is 50.7. The Hall–Kier alpha value is -3.14. The van der Waals surface area contributed by atoms with Crippen molar-refractivity contribution in [1.29, 1.82) is 0 Å². The zero-order chi connectivity index (χ0) is 21.5. The molecule has 30 heavy (non-hydrogen) atoms. The molecule has 10 nitrogen and oxygen atoms in total. The van der Waals surface area contributed by atoms with Gasteiger partial charge in [0, 0.05) is 37.9 Å². The van der Waals surface area contributed by atoms with E-state index in [0.29, 0.717) is 25.3 Å². The Morgan fingerprint density at radius 1 is 1.23 bits per heavy atom. The Morgan fingerprint density at radius 3 is 2.57 bits per heavy atom. The summed E-state index contributed by atoms with van der Waals surface area (Å²) in [5, 5.41) is 5.22. The van der Waals surface area contributed by atoms with Crippen LogP contribution >= 0.6 is 0 Å². The van der Waals surface area contributed by atoms with E-state index in [-0.39, 0.29) is 24.8 Å². The Kier molecular flexibility index (Phi) is 7.23. The molecule has 2 aliphatic heterocycles. The van der Waals surface area contributed by atoms with Crippen LogP contribution in [0, 0.1) is 0 Å². The molecule has 1 atom stereocenters. The number of benzene rings is 1. The second-order valence-corrected chi connectivity index (χ2v) is 7.21. The van der Waals surface area contributed by atoms with E-state index in [1.54, 1.807) is 0 Å². The molecule has 3 rings (SSSR count). The van der Waals surface area contributed by atoms with Crippen LogP contribution in [-0.4, -0.2) is 81.1 Å². The third-order valence-corrected chi connectivity index (χ3v) is 4.95. The highest BCUT2D eigenvalue weighted by atomic mass is 16.5. The highest BCUT2D eigenvalue weighted by molar-refractivity contribution is 5.95. The number of amides is 3. The minimum atomic E-state index is -0.709. The van der Waals surface area contributed by atoms with E-state index in [1.807, 2.05) is 24.3 Å². The molecule has 1 aromatic carbocycles. The number of rotatable bonds is 7. The summed E-state index contributed by atoms with van der Waals surface area (Å²) in [5.74, 6) is -1.73. The van der Waals surface area contributed by atoms with Crippen molar-refractivity contribution >= 4 is 35.1 Å². The van der Waals surface area contributed by atoms with Gasteiger partial charge in [0.2, 0.25) is 11.8 Å². The van der Waals surface area contributed by atoms with Gasteiger partial charge in [-0.2, -0.15) is 0 Å². The van der Waals surface area contributed by atoms with E-state index >= 15 is 0 Å². The van der Waals surface area contributed by atoms with Crippen LogP contribution in [0.3, 0.4) is 0 Å². The lowest BCUT2D eigenvalue weighted by Crippen LogP contribution is -2.40. The van der Waals surface area contributed by atoms with E-state index < -0.39 is 24.5 Å². The van der Waals surface area contributed by atoms with Gasteiger partial charge in [0.05, 0.1) is 19.8 Å². The zero-order valence-electron chi connectivity index (χ0n) is 16.9. The molecule has 162 valence electrons. The molecule has 3 amide bonds. The molecule has 1 aromatic rings. The second-order valence-electron chi connectivity index (χ2n) is 7.21. The van der Waals surface area contributed by atoms with Crippen LogP contribution < -0.4 is 15.5 Å². The van der Waals surface area contributed by atoms with Gasteiger partial charge in [0.1, 0.15) is 6.04 Å². The highest BCUT2D eigenvalue weighted by Crippen LogP contribution is 2.19. The van der Waals surface area contributed by atoms with Crippen molar-refractivity contribution in [2.45, 2.75) is 18.9 Å². The first kappa shape index (κ1) is 21.6. The van der Waals surface area contributed by atoms with Crippen molar-refractivity contribution in [2.75, 3.05) is 56.7 Å². The lowest BCUT2D eigenvalue weighted by Gasteiger charge is -2.28. The maximum atomic E-state index is 12.2. The number of esters is 1. The van der Waals surface area contributed by atoms with Crippen LogP contribution in [0.4, 0.5) is 11.4 Å². The quantitative estimate of drug-likeness (QED) is 0.586. The van der Waals surface area contributed by atoms with Gasteiger partial charge < -0.3 is 29.9 Å². The maximum Gasteiger partial charge on any atom is 0.329 e. The van der Waals surface area contributed by atoms with E-state index in [9.17, 15) is 19.2 Å². The third kappa shape index (κ3) is 5.93. The van der Waals surface area contributed by atoms with E-state index in [4.69, 9.17) is 9.47 Å². The third-order valence-electron chi connectivity index (χ3n) is 4.95. The number of carbonyl (C=O) groups excluding carboxylic acids is 4. The van der Waals surface area contributed by atoms with Crippen molar-refractivity contribution in [3.05, 3.63) is 24.3 Å². The van der Waals surface area contributed by atoms with Crippen LogP contribution in [0.5, 0.6) is 0 Å². The zero-order valence-corrected chi connectivity index (χ0v) is 16.9. The van der Waals surface area contributed by atoms with Crippen molar-refractivity contribution in [2.24, 2.45) is 0 Å². The van der Waals surface area contributed by atoms with Gasteiger partial charge in [-0.05, 0) is 30.7 Å². The molecular weight excluding hydrogens is 392 g/mol. The van der Waals surface area contributed by atoms with Gasteiger partial charge in [0.25, 0.3) is 5.91 Å². The van der Waals surface area contributed by atoms with Crippen molar-refractivity contribution in [3.63, 3.8) is 0 Å². The molecule has 0 aliphatic carbocycles. The molecule has 2 aliphatic rings. The first-order valence-corrected chi connectivity index (χ1v) is 9.85. The van der Waals surface area contributed by atoms with Crippen molar-refractivity contribution in [1.82, 2.24) is 10.2 Å². The number of likely N-dealkylation sites (N-methyl/N-ethyl adjacent to an activating group) is 1. The van der Waals surface area contributed by atoms with Crippen LogP contribution in [0.15, 0.2) is 24.3 Å². The first-order valence-electron chi connectivity index (χ1n) is 9.85. The van der Waals surface area contributed by atoms with Crippen molar-refractivity contribution in [3.8, 4) is 0 Å². The van der Waals surface area contributed by atoms with Crippen LogP contribution in [-0.2, 0) is 28.7 Å². The van der Waals surface area contributed by atoms with Gasteiger partial charge in [-0.1, -0.05) is 0 Å². The van der Waals surface area contributed by atoms with Gasteiger partial charge in [-0.15, -0.1) is 0 Å². The predicted octanol–water partition coefficient (Wildman–Crippen LogP) is -0.258. The summed E-state index contributed by atoms with van der Waals surface area (Å²) in [6.45, 7) is 2.39. The molecule has 0 spiro atoms. The fourth-order valence-corrected chi connectivity index (χ4v) is 3.22. The topological polar surface area (TPSA) is 117 Å². The number of ether oxygens (including phenoxy) is 2. The number of carbonyl (C=O) groups is 4. The van der Waals surface area contributed by atoms with Crippen molar-refractivity contribution < 1.29 is 28.7 Å². The number of nitrogens with zero attached hydrogens (tertiary/aromatic N) is 2. The molecule has 10 heteroatoms. The molecule has 2 N–H and O–H groups in total. The maximum absolute atomic E-state index is 12.2. The van der Waals surface area contributed by atoms with Crippen LogP contribution in [0.25, 0.3) is 0 Å². The molecule has 2 heterocycles. The lowest BCUT2D eigenvalue weighted by atomic mass is 10.2. The summed E-state index contributed by atoms with van der Waals surface area (Å²) in [5.41, 5.74) is 1.69. The number of anilines is 2. The SMILES string of the molecule is CN(CC(=O)Nc1ccc(N2CCOCC2)cc1)C(=O)COC(=O)[C@@H]1CCC(=O)N1. The summed E-state index contributed by atoms with van der Waals surface area (Å²) >= 11 is 0. The number of nitrogens with one attached hydrogen (secondary N) is 2. The molecule has 0 aromatic heterocycles. The smallest absolute Gasteiger partial charge is 0.329 e. The van der Waals surface area contributed by atoms with E-state index in [0.717, 1.165) is 18.8 Å². The summed E-state index contributed by atoms with van der Waals surface area (Å²) < 4.78 is 10.3. The molecule has 0 unspecified atom stereocenters. The molecule has 0 radical (unpaired) electrons. The average molecular weight is 418 g/mol. The Morgan fingerprint density at radius 2 is 1.93 bits per heavy atom. The normalized spacial score (nSPS) is 18.5. The average Bonchev–Trinajstić information content (AvgIpc) is 3.19. The van der Waals surface area contributed by atoms with Gasteiger partial charge in [-0.25, -0.2) is 4.79 Å². The lowest BCUT2D eigenvalue weighted by molar-refractivity contribution is -0.153. The van der Waals surface area contributed by atoms with Gasteiger partial charge >= 0.3 is 5.97 Å². The summed E-state index contributed by atoms with van der Waals surface area (Å²) in [6.07, 6.45) is 0.621. The fraction of sp³-hybridized carbons (Fsp3) is 0.500. The van der Waals surface area contributed by atoms with Crippen LogP contribution in [0.2, 0.25) is 0 Å². The number of morpholine rings is 1. The second kappa shape index (κ2) is 10.1. The molecule has 0 saturated carbocycles. The largest absolute Gasteiger partial charge is 0.454 e. The number of hydrogen-bond acceptors (Lipinski definition) is 7. The molecule has 2 saturated heterocycles. The minimum absolute atomic E-state index is 0.179. The van der Waals surface area contributed by atoms with E-state index in [2.05, 4.69) is 15.5 Å². The summed E-state index contributed by atoms with van der Waals surface area (Å²) in [7, 11) is 1.45. The Bertz CT molecular complexity index is 791.